The number of carbonyl (C=O) groups is 2. The van der Waals surface area contributed by atoms with Gasteiger partial charge in [-0.15, -0.1) is 0 Å². The van der Waals surface area contributed by atoms with E-state index in [0.717, 1.165) is 62.3 Å². The van der Waals surface area contributed by atoms with Crippen LogP contribution in [0.5, 0.6) is 0 Å². The maximum Gasteiger partial charge on any atom is 0.254 e. The van der Waals surface area contributed by atoms with Gasteiger partial charge in [-0.2, -0.15) is 0 Å². The molecule has 3 rings (SSSR count). The molecular weight excluding hydrogens is 290 g/mol. The summed E-state index contributed by atoms with van der Waals surface area (Å²) in [6.07, 6.45) is 2.84. The molecule has 1 N–H and O–H groups in total. The average Bonchev–Trinajstić information content (AvgIpc) is 2.56. The van der Waals surface area contributed by atoms with Crippen LogP contribution in [-0.4, -0.2) is 53.8 Å². The number of rotatable bonds is 3. The van der Waals surface area contributed by atoms with Crippen LogP contribution < -0.4 is 5.32 Å². The van der Waals surface area contributed by atoms with E-state index in [0.29, 0.717) is 6.04 Å². The summed E-state index contributed by atoms with van der Waals surface area (Å²) >= 11 is 0. The molecule has 1 aromatic rings. The van der Waals surface area contributed by atoms with Crippen LogP contribution in [-0.2, 0) is 11.2 Å². The highest BCUT2D eigenvalue weighted by Gasteiger charge is 2.24. The zero-order valence-corrected chi connectivity index (χ0v) is 14.0. The lowest BCUT2D eigenvalue weighted by Crippen LogP contribution is -2.41. The Morgan fingerprint density at radius 1 is 1.26 bits per heavy atom. The second-order valence-corrected chi connectivity index (χ2v) is 6.43. The molecule has 1 fully saturated rings. The van der Waals surface area contributed by atoms with Crippen LogP contribution in [0.1, 0.15) is 42.6 Å². The van der Waals surface area contributed by atoms with Crippen molar-refractivity contribution in [1.82, 2.24) is 9.80 Å². The number of hydrogen-bond acceptors (Lipinski definition) is 3. The third kappa shape index (κ3) is 3.33. The Bertz CT molecular complexity index is 606. The molecule has 2 aliphatic heterocycles. The number of nitrogens with one attached hydrogen (secondary N) is 1. The summed E-state index contributed by atoms with van der Waals surface area (Å²) in [5.74, 6) is 0.297. The lowest BCUT2D eigenvalue weighted by Gasteiger charge is -2.33. The molecule has 5 nitrogen and oxygen atoms in total. The van der Waals surface area contributed by atoms with Crippen molar-refractivity contribution < 1.29 is 9.59 Å². The highest BCUT2D eigenvalue weighted by molar-refractivity contribution is 5.97. The van der Waals surface area contributed by atoms with Crippen LogP contribution in [0.3, 0.4) is 0 Å². The summed E-state index contributed by atoms with van der Waals surface area (Å²) in [6, 6.07) is 6.51. The van der Waals surface area contributed by atoms with Gasteiger partial charge in [0.1, 0.15) is 0 Å². The van der Waals surface area contributed by atoms with Gasteiger partial charge in [-0.05, 0) is 43.9 Å². The Morgan fingerprint density at radius 3 is 2.65 bits per heavy atom. The van der Waals surface area contributed by atoms with Crippen LogP contribution in [0, 0.1) is 0 Å². The third-order valence-corrected chi connectivity index (χ3v) is 4.97. The summed E-state index contributed by atoms with van der Waals surface area (Å²) in [7, 11) is 0. The highest BCUT2D eigenvalue weighted by Crippen LogP contribution is 2.24. The minimum atomic E-state index is 0.142. The molecule has 0 bridgehead atoms. The van der Waals surface area contributed by atoms with E-state index in [1.807, 2.05) is 22.8 Å². The normalized spacial score (nSPS) is 18.8. The average molecular weight is 315 g/mol. The van der Waals surface area contributed by atoms with Gasteiger partial charge in [0.05, 0.1) is 0 Å². The van der Waals surface area contributed by atoms with Gasteiger partial charge in [0.15, 0.2) is 0 Å². The van der Waals surface area contributed by atoms with Crippen LogP contribution in [0.15, 0.2) is 18.2 Å². The SMILES string of the molecule is CCN1CCc2ccc(NC3CCN(C(C)=O)CC3)cc2C1=O. The molecule has 2 heterocycles. The Labute approximate surface area is 137 Å². The molecular formula is C18H25N3O2. The minimum absolute atomic E-state index is 0.142. The molecule has 0 atom stereocenters. The zero-order chi connectivity index (χ0) is 16.4. The molecule has 23 heavy (non-hydrogen) atoms. The molecule has 1 saturated heterocycles. The maximum absolute atomic E-state index is 12.5. The van der Waals surface area contributed by atoms with Crippen molar-refractivity contribution in [2.75, 3.05) is 31.5 Å². The standard InChI is InChI=1S/C18H25N3O2/c1-3-20-9-6-14-4-5-16(12-17(14)18(20)23)19-15-7-10-21(11-8-15)13(2)22/h4-5,12,15,19H,3,6-11H2,1-2H3. The van der Waals surface area contributed by atoms with E-state index < -0.39 is 0 Å². The molecule has 5 heteroatoms. The predicted octanol–water partition coefficient (Wildman–Crippen LogP) is 2.13. The number of carbonyl (C=O) groups excluding carboxylic acids is 2. The van der Waals surface area contributed by atoms with E-state index in [-0.39, 0.29) is 11.8 Å². The Morgan fingerprint density at radius 2 is 2.00 bits per heavy atom. The minimum Gasteiger partial charge on any atom is -0.382 e. The number of nitrogens with zero attached hydrogens (tertiary/aromatic N) is 2. The molecule has 0 spiro atoms. The van der Waals surface area contributed by atoms with E-state index in [1.54, 1.807) is 6.92 Å². The summed E-state index contributed by atoms with van der Waals surface area (Å²) in [5.41, 5.74) is 3.00. The number of hydrogen-bond donors (Lipinski definition) is 1. The van der Waals surface area contributed by atoms with E-state index in [2.05, 4.69) is 17.4 Å². The molecule has 2 aliphatic rings. The summed E-state index contributed by atoms with van der Waals surface area (Å²) < 4.78 is 0. The van der Waals surface area contributed by atoms with Gasteiger partial charge in [-0.1, -0.05) is 6.07 Å². The van der Waals surface area contributed by atoms with E-state index >= 15 is 0 Å². The number of likely N-dealkylation sites (N-methyl/N-ethyl adjacent to an activating group) is 1. The molecule has 0 aliphatic carbocycles. The van der Waals surface area contributed by atoms with E-state index in [4.69, 9.17) is 0 Å². The van der Waals surface area contributed by atoms with Crippen molar-refractivity contribution in [3.05, 3.63) is 29.3 Å². The van der Waals surface area contributed by atoms with Crippen molar-refractivity contribution in [3.63, 3.8) is 0 Å². The van der Waals surface area contributed by atoms with Crippen LogP contribution in [0.4, 0.5) is 5.69 Å². The Hall–Kier alpha value is -2.04. The van der Waals surface area contributed by atoms with Gasteiger partial charge >= 0.3 is 0 Å². The van der Waals surface area contributed by atoms with E-state index in [9.17, 15) is 9.59 Å². The smallest absolute Gasteiger partial charge is 0.254 e. The number of amides is 2. The van der Waals surface area contributed by atoms with Gasteiger partial charge in [0.25, 0.3) is 5.91 Å². The fraction of sp³-hybridized carbons (Fsp3) is 0.556. The van der Waals surface area contributed by atoms with Gasteiger partial charge in [-0.3, -0.25) is 9.59 Å². The zero-order valence-electron chi connectivity index (χ0n) is 14.0. The van der Waals surface area contributed by atoms with Crippen LogP contribution >= 0.6 is 0 Å². The van der Waals surface area contributed by atoms with Crippen molar-refractivity contribution in [2.24, 2.45) is 0 Å². The van der Waals surface area contributed by atoms with Crippen LogP contribution in [0.2, 0.25) is 0 Å². The van der Waals surface area contributed by atoms with Gasteiger partial charge in [0, 0.05) is 50.4 Å². The second kappa shape index (κ2) is 6.60. The maximum atomic E-state index is 12.5. The summed E-state index contributed by atoms with van der Waals surface area (Å²) in [6.45, 7) is 6.84. The fourth-order valence-electron chi connectivity index (χ4n) is 3.49. The molecule has 1 aromatic carbocycles. The lowest BCUT2D eigenvalue weighted by molar-refractivity contribution is -0.129. The largest absolute Gasteiger partial charge is 0.382 e. The quantitative estimate of drug-likeness (QED) is 0.929. The first kappa shape index (κ1) is 15.8. The topological polar surface area (TPSA) is 52.6 Å². The van der Waals surface area contributed by atoms with Gasteiger partial charge in [0.2, 0.25) is 5.91 Å². The number of piperidine rings is 1. The number of fused-ring (bicyclic) bond motifs is 1. The van der Waals surface area contributed by atoms with E-state index in [1.165, 1.54) is 0 Å². The van der Waals surface area contributed by atoms with Crippen molar-refractivity contribution in [1.29, 1.82) is 0 Å². The molecule has 0 radical (unpaired) electrons. The first-order chi connectivity index (χ1) is 11.1. The molecule has 0 saturated carbocycles. The summed E-state index contributed by atoms with van der Waals surface area (Å²) in [5, 5.41) is 3.54. The highest BCUT2D eigenvalue weighted by atomic mass is 16.2. The number of anilines is 1. The predicted molar refractivity (Wildman–Crippen MR) is 90.6 cm³/mol. The second-order valence-electron chi connectivity index (χ2n) is 6.43. The van der Waals surface area contributed by atoms with Crippen molar-refractivity contribution in [3.8, 4) is 0 Å². The third-order valence-electron chi connectivity index (χ3n) is 4.97. The lowest BCUT2D eigenvalue weighted by atomic mass is 9.97. The van der Waals surface area contributed by atoms with Gasteiger partial charge < -0.3 is 15.1 Å². The monoisotopic (exact) mass is 315 g/mol. The first-order valence-corrected chi connectivity index (χ1v) is 8.52. The van der Waals surface area contributed by atoms with Gasteiger partial charge in [-0.25, -0.2) is 0 Å². The molecule has 124 valence electrons. The fourth-order valence-corrected chi connectivity index (χ4v) is 3.49. The molecule has 2 amide bonds. The number of benzene rings is 1. The van der Waals surface area contributed by atoms with Crippen molar-refractivity contribution >= 4 is 17.5 Å². The Balaban J connectivity index is 1.67. The molecule has 0 aromatic heterocycles. The van der Waals surface area contributed by atoms with Crippen molar-refractivity contribution in [2.45, 2.75) is 39.2 Å². The summed E-state index contributed by atoms with van der Waals surface area (Å²) in [4.78, 5) is 27.6. The number of likely N-dealkylation sites (tertiary alicyclic amines) is 1. The Kier molecular flexibility index (Phi) is 4.55. The first-order valence-electron chi connectivity index (χ1n) is 8.52. The van der Waals surface area contributed by atoms with Crippen LogP contribution in [0.25, 0.3) is 0 Å². The molecule has 0 unspecified atom stereocenters.